The van der Waals surface area contributed by atoms with Gasteiger partial charge in [0.1, 0.15) is 11.5 Å². The summed E-state index contributed by atoms with van der Waals surface area (Å²) in [6.45, 7) is 1.24. The van der Waals surface area contributed by atoms with Gasteiger partial charge in [0.2, 0.25) is 5.91 Å². The average molecular weight is 246 g/mol. The molecule has 0 bridgehead atoms. The molecule has 1 amide bonds. The van der Waals surface area contributed by atoms with Crippen molar-refractivity contribution in [2.45, 2.75) is 6.92 Å². The van der Waals surface area contributed by atoms with Gasteiger partial charge in [0.15, 0.2) is 0 Å². The Morgan fingerprint density at radius 1 is 1.50 bits per heavy atom. The molecule has 0 aliphatic carbocycles. The van der Waals surface area contributed by atoms with Crippen LogP contribution >= 0.6 is 0 Å². The lowest BCUT2D eigenvalue weighted by Crippen LogP contribution is -2.08. The number of amides is 1. The van der Waals surface area contributed by atoms with Gasteiger partial charge in [0, 0.05) is 13.0 Å². The largest absolute Gasteiger partial charge is 0.716 e. The van der Waals surface area contributed by atoms with Crippen LogP contribution in [0.5, 0.6) is 11.5 Å². The second kappa shape index (κ2) is 4.37. The highest BCUT2D eigenvalue weighted by Gasteiger charge is 2.06. The highest BCUT2D eigenvalue weighted by molar-refractivity contribution is 7.81. The van der Waals surface area contributed by atoms with Gasteiger partial charge in [-0.3, -0.25) is 4.79 Å². The second-order valence-corrected chi connectivity index (χ2v) is 3.83. The maximum absolute atomic E-state index is 10.7. The molecule has 0 aliphatic rings. The molecule has 1 aromatic carbocycles. The first kappa shape index (κ1) is 12.3. The molecule has 0 heterocycles. The summed E-state index contributed by atoms with van der Waals surface area (Å²) < 4.78 is 34.7. The molecule has 0 atom stereocenters. The van der Waals surface area contributed by atoms with Crippen LogP contribution in [0.1, 0.15) is 6.92 Å². The van der Waals surface area contributed by atoms with E-state index < -0.39 is 22.1 Å². The number of rotatable bonds is 3. The number of anilines is 1. The summed E-state index contributed by atoms with van der Waals surface area (Å²) in [7, 11) is -4.88. The van der Waals surface area contributed by atoms with Gasteiger partial charge in [-0.25, -0.2) is 8.42 Å². The fourth-order valence-electron chi connectivity index (χ4n) is 0.976. The Kier molecular flexibility index (Phi) is 3.35. The van der Waals surface area contributed by atoms with Gasteiger partial charge in [-0.05, 0) is 12.1 Å². The quantitative estimate of drug-likeness (QED) is 0.446. The molecule has 2 N–H and O–H groups in total. The molecule has 0 fully saturated rings. The first-order valence-electron chi connectivity index (χ1n) is 4.04. The van der Waals surface area contributed by atoms with Crippen molar-refractivity contribution < 1.29 is 27.1 Å². The van der Waals surface area contributed by atoms with Crippen LogP contribution in [0, 0.1) is 0 Å². The van der Waals surface area contributed by atoms with E-state index in [1.807, 2.05) is 0 Å². The van der Waals surface area contributed by atoms with Gasteiger partial charge in [-0.2, -0.15) is 0 Å². The Hall–Kier alpha value is -1.80. The minimum Gasteiger partial charge on any atom is -0.716 e. The number of benzene rings is 1. The number of carbonyl (C=O) groups excluding carboxylic acids is 1. The Morgan fingerprint density at radius 3 is 2.56 bits per heavy atom. The number of phenolic OH excluding ortho intramolecular Hbond substituents is 1. The van der Waals surface area contributed by atoms with Crippen LogP contribution < -0.4 is 9.50 Å². The van der Waals surface area contributed by atoms with E-state index in [4.69, 9.17) is 0 Å². The lowest BCUT2D eigenvalue weighted by Gasteiger charge is -2.10. The molecule has 1 aromatic rings. The van der Waals surface area contributed by atoms with E-state index in [0.717, 1.165) is 12.1 Å². The van der Waals surface area contributed by atoms with E-state index >= 15 is 0 Å². The van der Waals surface area contributed by atoms with Crippen LogP contribution in [-0.2, 0) is 15.2 Å². The Balaban J connectivity index is 2.95. The van der Waals surface area contributed by atoms with Crippen molar-refractivity contribution in [2.75, 3.05) is 5.32 Å². The maximum Gasteiger partial charge on any atom is 0.262 e. The summed E-state index contributed by atoms with van der Waals surface area (Å²) in [5, 5.41) is 11.6. The van der Waals surface area contributed by atoms with Crippen molar-refractivity contribution in [1.82, 2.24) is 0 Å². The van der Waals surface area contributed by atoms with Crippen molar-refractivity contribution >= 4 is 22.0 Å². The summed E-state index contributed by atoms with van der Waals surface area (Å²) in [4.78, 5) is 10.7. The lowest BCUT2D eigenvalue weighted by atomic mass is 10.3. The van der Waals surface area contributed by atoms with E-state index in [1.165, 1.54) is 13.0 Å². The normalized spacial score (nSPS) is 10.9. The van der Waals surface area contributed by atoms with E-state index in [9.17, 15) is 22.9 Å². The highest BCUT2D eigenvalue weighted by atomic mass is 32.3. The zero-order valence-corrected chi connectivity index (χ0v) is 8.95. The SMILES string of the molecule is CC(=O)Nc1ccc(OS(=O)(=O)[O-])cc1O. The Labute approximate surface area is 91.6 Å². The Bertz CT molecular complexity index is 509. The molecule has 0 saturated carbocycles. The number of nitrogens with one attached hydrogen (secondary N) is 1. The van der Waals surface area contributed by atoms with E-state index in [-0.39, 0.29) is 11.4 Å². The molecule has 1 rings (SSSR count). The second-order valence-electron chi connectivity index (χ2n) is 2.85. The first-order chi connectivity index (χ1) is 7.28. The smallest absolute Gasteiger partial charge is 0.262 e. The number of phenols is 1. The molecule has 0 saturated heterocycles. The van der Waals surface area contributed by atoms with Gasteiger partial charge < -0.3 is 19.2 Å². The number of carbonyl (C=O) groups is 1. The summed E-state index contributed by atoms with van der Waals surface area (Å²) in [5.74, 6) is -1.14. The van der Waals surface area contributed by atoms with Crippen LogP contribution in [-0.4, -0.2) is 24.0 Å². The molecule has 0 unspecified atom stereocenters. The standard InChI is InChI=1S/C8H9NO6S/c1-5(10)9-7-3-2-6(4-8(7)11)15-16(12,13)14/h2-4,11H,1H3,(H,9,10)(H,12,13,14)/p-1. The number of hydrogen-bond donors (Lipinski definition) is 2. The molecule has 0 aromatic heterocycles. The fourth-order valence-corrected chi connectivity index (χ4v) is 1.32. The van der Waals surface area contributed by atoms with E-state index in [0.29, 0.717) is 0 Å². The van der Waals surface area contributed by atoms with Crippen molar-refractivity contribution in [1.29, 1.82) is 0 Å². The van der Waals surface area contributed by atoms with Crippen molar-refractivity contribution in [3.63, 3.8) is 0 Å². The van der Waals surface area contributed by atoms with Crippen molar-refractivity contribution in [2.24, 2.45) is 0 Å². The monoisotopic (exact) mass is 246 g/mol. The lowest BCUT2D eigenvalue weighted by molar-refractivity contribution is -0.114. The summed E-state index contributed by atoms with van der Waals surface area (Å²) in [6.07, 6.45) is 0. The zero-order valence-electron chi connectivity index (χ0n) is 8.13. The molecule has 0 aliphatic heterocycles. The minimum absolute atomic E-state index is 0.0862. The van der Waals surface area contributed by atoms with Gasteiger partial charge in [0.25, 0.3) is 10.4 Å². The molecular weight excluding hydrogens is 238 g/mol. The molecular formula is C8H8NO6S-. The van der Waals surface area contributed by atoms with Gasteiger partial charge in [-0.15, -0.1) is 0 Å². The van der Waals surface area contributed by atoms with Gasteiger partial charge in [-0.1, -0.05) is 0 Å². The average Bonchev–Trinajstić information content (AvgIpc) is 2.06. The van der Waals surface area contributed by atoms with Crippen LogP contribution in [0.3, 0.4) is 0 Å². The maximum atomic E-state index is 10.7. The van der Waals surface area contributed by atoms with Gasteiger partial charge in [0.05, 0.1) is 5.69 Å². The predicted octanol–water partition coefficient (Wildman–Crippen LogP) is 0.190. The molecule has 7 nitrogen and oxygen atoms in total. The molecule has 0 spiro atoms. The van der Waals surface area contributed by atoms with E-state index in [1.54, 1.807) is 0 Å². The molecule has 16 heavy (non-hydrogen) atoms. The third kappa shape index (κ3) is 3.75. The van der Waals surface area contributed by atoms with Gasteiger partial charge >= 0.3 is 0 Å². The van der Waals surface area contributed by atoms with E-state index in [2.05, 4.69) is 9.50 Å². The van der Waals surface area contributed by atoms with Crippen molar-refractivity contribution in [3.8, 4) is 11.5 Å². The topological polar surface area (TPSA) is 116 Å². The molecule has 0 radical (unpaired) electrons. The molecule has 8 heteroatoms. The summed E-state index contributed by atoms with van der Waals surface area (Å²) in [5.41, 5.74) is 0.0862. The van der Waals surface area contributed by atoms with Crippen LogP contribution in [0.4, 0.5) is 5.69 Å². The summed E-state index contributed by atoms with van der Waals surface area (Å²) >= 11 is 0. The highest BCUT2D eigenvalue weighted by Crippen LogP contribution is 2.28. The predicted molar refractivity (Wildman–Crippen MR) is 52.7 cm³/mol. The third-order valence-electron chi connectivity index (χ3n) is 1.48. The summed E-state index contributed by atoms with van der Waals surface area (Å²) in [6, 6.07) is 3.23. The molecule has 88 valence electrons. The third-order valence-corrected chi connectivity index (χ3v) is 1.87. The fraction of sp³-hybridized carbons (Fsp3) is 0.125. The van der Waals surface area contributed by atoms with Crippen LogP contribution in [0.25, 0.3) is 0 Å². The first-order valence-corrected chi connectivity index (χ1v) is 5.37. The number of hydrogen-bond acceptors (Lipinski definition) is 6. The van der Waals surface area contributed by atoms with Crippen LogP contribution in [0.2, 0.25) is 0 Å². The minimum atomic E-state index is -4.88. The van der Waals surface area contributed by atoms with Crippen molar-refractivity contribution in [3.05, 3.63) is 18.2 Å². The Morgan fingerprint density at radius 2 is 2.12 bits per heavy atom. The number of aromatic hydroxyl groups is 1. The zero-order chi connectivity index (χ0) is 12.3. The van der Waals surface area contributed by atoms with Crippen LogP contribution in [0.15, 0.2) is 18.2 Å².